The highest BCUT2D eigenvalue weighted by Gasteiger charge is 2.07. The molecule has 90 valence electrons. The van der Waals surface area contributed by atoms with Gasteiger partial charge in [0.1, 0.15) is 0 Å². The van der Waals surface area contributed by atoms with Gasteiger partial charge in [-0.05, 0) is 42.8 Å². The Kier molecular flexibility index (Phi) is 4.13. The highest BCUT2D eigenvalue weighted by molar-refractivity contribution is 5.86. The molecule has 3 N–H and O–H groups in total. The van der Waals surface area contributed by atoms with Gasteiger partial charge in [0.05, 0.1) is 0 Å². The van der Waals surface area contributed by atoms with Crippen LogP contribution in [0.5, 0.6) is 0 Å². The molecule has 2 rings (SSSR count). The highest BCUT2D eigenvalue weighted by atomic mass is 14.9. The first-order valence-electron chi connectivity index (χ1n) is 6.24. The van der Waals surface area contributed by atoms with Gasteiger partial charge in [0.2, 0.25) is 0 Å². The lowest BCUT2D eigenvalue weighted by molar-refractivity contribution is 0.564. The first kappa shape index (κ1) is 12.1. The van der Waals surface area contributed by atoms with E-state index in [1.54, 1.807) is 0 Å². The van der Waals surface area contributed by atoms with Crippen LogP contribution in [0.4, 0.5) is 0 Å². The average molecular weight is 228 g/mol. The molecule has 1 atom stereocenters. The van der Waals surface area contributed by atoms with Crippen molar-refractivity contribution in [1.29, 1.82) is 0 Å². The Bertz CT molecular complexity index is 474. The molecule has 0 saturated heterocycles. The Morgan fingerprint density at radius 1 is 1.12 bits per heavy atom. The lowest BCUT2D eigenvalue weighted by Gasteiger charge is -2.16. The number of hydrogen-bond donors (Lipinski definition) is 2. The summed E-state index contributed by atoms with van der Waals surface area (Å²) in [7, 11) is 0. The standard InChI is InChI=1S/C15H20N2/c1-12(17-11-5-10-16)14-9-4-7-13-6-2-3-8-15(13)14/h2-4,6-9,12,17H,5,10-11,16H2,1H3. The van der Waals surface area contributed by atoms with Crippen LogP contribution in [0.15, 0.2) is 42.5 Å². The molecule has 2 nitrogen and oxygen atoms in total. The van der Waals surface area contributed by atoms with E-state index in [-0.39, 0.29) is 0 Å². The molecule has 2 aromatic carbocycles. The first-order chi connectivity index (χ1) is 8.33. The SMILES string of the molecule is CC(NCCCN)c1cccc2ccccc12. The zero-order chi connectivity index (χ0) is 12.1. The maximum Gasteiger partial charge on any atom is 0.0297 e. The van der Waals surface area contributed by atoms with Gasteiger partial charge in [-0.15, -0.1) is 0 Å². The second kappa shape index (κ2) is 5.80. The molecule has 0 aliphatic carbocycles. The largest absolute Gasteiger partial charge is 0.330 e. The molecule has 0 spiro atoms. The summed E-state index contributed by atoms with van der Waals surface area (Å²) in [5.74, 6) is 0. The maximum atomic E-state index is 5.50. The van der Waals surface area contributed by atoms with Crippen molar-refractivity contribution >= 4 is 10.8 Å². The van der Waals surface area contributed by atoms with Gasteiger partial charge in [-0.25, -0.2) is 0 Å². The third-order valence-electron chi connectivity index (χ3n) is 3.12. The van der Waals surface area contributed by atoms with Crippen molar-refractivity contribution in [3.63, 3.8) is 0 Å². The Hall–Kier alpha value is -1.38. The number of benzene rings is 2. The Morgan fingerprint density at radius 3 is 2.71 bits per heavy atom. The summed E-state index contributed by atoms with van der Waals surface area (Å²) in [5, 5.41) is 6.15. The summed E-state index contributed by atoms with van der Waals surface area (Å²) >= 11 is 0. The van der Waals surface area contributed by atoms with Gasteiger partial charge in [0, 0.05) is 6.04 Å². The van der Waals surface area contributed by atoms with E-state index >= 15 is 0 Å². The topological polar surface area (TPSA) is 38.0 Å². The second-order valence-corrected chi connectivity index (χ2v) is 4.39. The summed E-state index contributed by atoms with van der Waals surface area (Å²) < 4.78 is 0. The molecule has 0 amide bonds. The average Bonchev–Trinajstić information content (AvgIpc) is 2.38. The molecule has 2 aromatic rings. The van der Waals surface area contributed by atoms with Crippen LogP contribution >= 0.6 is 0 Å². The number of nitrogens with two attached hydrogens (primary N) is 1. The molecular weight excluding hydrogens is 208 g/mol. The van der Waals surface area contributed by atoms with Crippen LogP contribution < -0.4 is 11.1 Å². The van der Waals surface area contributed by atoms with Crippen molar-refractivity contribution in [2.75, 3.05) is 13.1 Å². The van der Waals surface area contributed by atoms with Gasteiger partial charge in [-0.1, -0.05) is 42.5 Å². The van der Waals surface area contributed by atoms with Gasteiger partial charge >= 0.3 is 0 Å². The van der Waals surface area contributed by atoms with Crippen LogP contribution in [0.25, 0.3) is 10.8 Å². The minimum atomic E-state index is 0.368. The van der Waals surface area contributed by atoms with Gasteiger partial charge in [0.25, 0.3) is 0 Å². The van der Waals surface area contributed by atoms with E-state index in [1.165, 1.54) is 16.3 Å². The molecule has 0 aromatic heterocycles. The van der Waals surface area contributed by atoms with E-state index in [2.05, 4.69) is 54.7 Å². The molecule has 0 saturated carbocycles. The van der Waals surface area contributed by atoms with Crippen LogP contribution in [0.3, 0.4) is 0 Å². The summed E-state index contributed by atoms with van der Waals surface area (Å²) in [6.07, 6.45) is 1.02. The van der Waals surface area contributed by atoms with Crippen molar-refractivity contribution < 1.29 is 0 Å². The molecular formula is C15H20N2. The summed E-state index contributed by atoms with van der Waals surface area (Å²) in [6, 6.07) is 15.4. The Labute approximate surface area is 103 Å². The van der Waals surface area contributed by atoms with Gasteiger partial charge in [0.15, 0.2) is 0 Å². The monoisotopic (exact) mass is 228 g/mol. The minimum absolute atomic E-state index is 0.368. The Morgan fingerprint density at radius 2 is 1.88 bits per heavy atom. The lowest BCUT2D eigenvalue weighted by Crippen LogP contribution is -2.22. The maximum absolute atomic E-state index is 5.50. The molecule has 0 heterocycles. The number of hydrogen-bond acceptors (Lipinski definition) is 2. The predicted molar refractivity (Wildman–Crippen MR) is 74.0 cm³/mol. The number of fused-ring (bicyclic) bond motifs is 1. The third kappa shape index (κ3) is 2.84. The van der Waals surface area contributed by atoms with Crippen molar-refractivity contribution in [2.45, 2.75) is 19.4 Å². The smallest absolute Gasteiger partial charge is 0.0297 e. The number of rotatable bonds is 5. The van der Waals surface area contributed by atoms with Crippen LogP contribution in [-0.4, -0.2) is 13.1 Å². The number of nitrogens with one attached hydrogen (secondary N) is 1. The van der Waals surface area contributed by atoms with Crippen LogP contribution in [0.2, 0.25) is 0 Å². The molecule has 2 heteroatoms. The quantitative estimate of drug-likeness (QED) is 0.772. The van der Waals surface area contributed by atoms with Crippen molar-refractivity contribution in [1.82, 2.24) is 5.32 Å². The fourth-order valence-electron chi connectivity index (χ4n) is 2.16. The lowest BCUT2D eigenvalue weighted by atomic mass is 10.00. The van der Waals surface area contributed by atoms with Crippen molar-refractivity contribution in [2.24, 2.45) is 5.73 Å². The van der Waals surface area contributed by atoms with E-state index < -0.39 is 0 Å². The summed E-state index contributed by atoms with van der Waals surface area (Å²) in [5.41, 5.74) is 6.87. The van der Waals surface area contributed by atoms with Crippen molar-refractivity contribution in [3.8, 4) is 0 Å². The van der Waals surface area contributed by atoms with Crippen LogP contribution in [0, 0.1) is 0 Å². The molecule has 0 fully saturated rings. The van der Waals surface area contributed by atoms with Crippen LogP contribution in [0.1, 0.15) is 24.9 Å². The van der Waals surface area contributed by atoms with E-state index in [4.69, 9.17) is 5.73 Å². The zero-order valence-electron chi connectivity index (χ0n) is 10.3. The normalized spacial score (nSPS) is 12.8. The molecule has 0 radical (unpaired) electrons. The molecule has 0 aliphatic rings. The van der Waals surface area contributed by atoms with E-state index in [1.807, 2.05) is 0 Å². The summed E-state index contributed by atoms with van der Waals surface area (Å²) in [4.78, 5) is 0. The van der Waals surface area contributed by atoms with Crippen LogP contribution in [-0.2, 0) is 0 Å². The van der Waals surface area contributed by atoms with E-state index in [0.29, 0.717) is 6.04 Å². The van der Waals surface area contributed by atoms with Crippen molar-refractivity contribution in [3.05, 3.63) is 48.0 Å². The molecule has 17 heavy (non-hydrogen) atoms. The molecule has 0 aliphatic heterocycles. The van der Waals surface area contributed by atoms with Gasteiger partial charge in [-0.2, -0.15) is 0 Å². The predicted octanol–water partition coefficient (Wildman–Crippen LogP) is 2.84. The Balaban J connectivity index is 2.22. The van der Waals surface area contributed by atoms with E-state index in [0.717, 1.165) is 19.5 Å². The first-order valence-corrected chi connectivity index (χ1v) is 6.24. The molecule has 0 bridgehead atoms. The zero-order valence-corrected chi connectivity index (χ0v) is 10.3. The van der Waals surface area contributed by atoms with Gasteiger partial charge in [-0.3, -0.25) is 0 Å². The highest BCUT2D eigenvalue weighted by Crippen LogP contribution is 2.23. The second-order valence-electron chi connectivity index (χ2n) is 4.39. The fraction of sp³-hybridized carbons (Fsp3) is 0.333. The van der Waals surface area contributed by atoms with E-state index in [9.17, 15) is 0 Å². The third-order valence-corrected chi connectivity index (χ3v) is 3.12. The summed E-state index contributed by atoms with van der Waals surface area (Å²) in [6.45, 7) is 3.93. The van der Waals surface area contributed by atoms with Gasteiger partial charge < -0.3 is 11.1 Å². The molecule has 1 unspecified atom stereocenters. The minimum Gasteiger partial charge on any atom is -0.330 e. The fourth-order valence-corrected chi connectivity index (χ4v) is 2.16.